The first-order valence-corrected chi connectivity index (χ1v) is 7.50. The van der Waals surface area contributed by atoms with E-state index in [4.69, 9.17) is 5.84 Å². The van der Waals surface area contributed by atoms with Crippen LogP contribution >= 0.6 is 0 Å². The molecule has 0 aliphatic heterocycles. The average molecular weight is 270 g/mol. The van der Waals surface area contributed by atoms with Crippen LogP contribution in [0.5, 0.6) is 0 Å². The quantitative estimate of drug-likeness (QED) is 0.525. The van der Waals surface area contributed by atoms with Crippen LogP contribution in [0.2, 0.25) is 0 Å². The second-order valence-electron chi connectivity index (χ2n) is 4.54. The Labute approximate surface area is 107 Å². The summed E-state index contributed by atoms with van der Waals surface area (Å²) in [5.74, 6) is 6.10. The van der Waals surface area contributed by atoms with Gasteiger partial charge in [0, 0.05) is 12.2 Å². The van der Waals surface area contributed by atoms with Gasteiger partial charge >= 0.3 is 0 Å². The number of hydrogen-bond donors (Lipinski definition) is 3. The molecular formula is C11H18N4O2S. The molecule has 6 nitrogen and oxygen atoms in total. The van der Waals surface area contributed by atoms with Crippen LogP contribution in [0.25, 0.3) is 0 Å². The van der Waals surface area contributed by atoms with E-state index in [1.54, 1.807) is 0 Å². The highest BCUT2D eigenvalue weighted by Gasteiger charge is 2.39. The number of nitrogens with two attached hydrogens (primary N) is 1. The fourth-order valence-electron chi connectivity index (χ4n) is 1.97. The van der Waals surface area contributed by atoms with E-state index in [-0.39, 0.29) is 10.9 Å². The maximum absolute atomic E-state index is 12.0. The highest BCUT2D eigenvalue weighted by atomic mass is 32.2. The Balaban J connectivity index is 2.02. The number of hydrazine groups is 1. The van der Waals surface area contributed by atoms with Crippen molar-refractivity contribution in [3.8, 4) is 0 Å². The van der Waals surface area contributed by atoms with Gasteiger partial charge in [-0.1, -0.05) is 13.3 Å². The predicted molar refractivity (Wildman–Crippen MR) is 69.2 cm³/mol. The van der Waals surface area contributed by atoms with Crippen molar-refractivity contribution < 1.29 is 8.42 Å². The predicted octanol–water partition coefficient (Wildman–Crippen LogP) is 0.834. The molecule has 4 N–H and O–H groups in total. The van der Waals surface area contributed by atoms with Crippen molar-refractivity contribution in [3.63, 3.8) is 0 Å². The molecule has 100 valence electrons. The third kappa shape index (κ3) is 2.98. The lowest BCUT2D eigenvalue weighted by Crippen LogP contribution is -2.27. The van der Waals surface area contributed by atoms with Gasteiger partial charge in [-0.2, -0.15) is 0 Å². The minimum atomic E-state index is -3.45. The van der Waals surface area contributed by atoms with Crippen LogP contribution in [-0.2, 0) is 10.0 Å². The van der Waals surface area contributed by atoms with Gasteiger partial charge in [0.2, 0.25) is 10.0 Å². The number of nitrogens with one attached hydrogen (secondary N) is 2. The van der Waals surface area contributed by atoms with Crippen LogP contribution in [0.15, 0.2) is 23.2 Å². The Morgan fingerprint density at radius 3 is 2.83 bits per heavy atom. The van der Waals surface area contributed by atoms with Crippen molar-refractivity contribution >= 4 is 15.8 Å². The molecule has 1 aromatic rings. The van der Waals surface area contributed by atoms with Crippen LogP contribution in [0.1, 0.15) is 26.2 Å². The Bertz CT molecular complexity index is 500. The Kier molecular flexibility index (Phi) is 3.84. The van der Waals surface area contributed by atoms with Crippen molar-refractivity contribution in [3.05, 3.63) is 18.3 Å². The largest absolute Gasteiger partial charge is 0.308 e. The summed E-state index contributed by atoms with van der Waals surface area (Å²) < 4.78 is 26.8. The molecule has 1 fully saturated rings. The van der Waals surface area contributed by atoms with Gasteiger partial charge in [0.25, 0.3) is 0 Å². The van der Waals surface area contributed by atoms with Gasteiger partial charge in [0.15, 0.2) is 0 Å². The molecular weight excluding hydrogens is 252 g/mol. The zero-order valence-electron chi connectivity index (χ0n) is 10.3. The Hall–Kier alpha value is -1.18. The van der Waals surface area contributed by atoms with E-state index >= 15 is 0 Å². The van der Waals surface area contributed by atoms with Gasteiger partial charge in [0.05, 0.1) is 0 Å². The van der Waals surface area contributed by atoms with Gasteiger partial charge in [0.1, 0.15) is 10.7 Å². The molecule has 1 aromatic heterocycles. The zero-order valence-corrected chi connectivity index (χ0v) is 11.1. The summed E-state index contributed by atoms with van der Waals surface area (Å²) in [6, 6.07) is 3.11. The van der Waals surface area contributed by atoms with Gasteiger partial charge in [-0.15, -0.1) is 0 Å². The summed E-state index contributed by atoms with van der Waals surface area (Å²) in [5.41, 5.74) is 2.36. The fraction of sp³-hybridized carbons (Fsp3) is 0.545. The van der Waals surface area contributed by atoms with Gasteiger partial charge in [-0.25, -0.2) is 24.0 Å². The number of nitrogen functional groups attached to an aromatic ring is 1. The molecule has 1 saturated carbocycles. The molecule has 2 unspecified atom stereocenters. The van der Waals surface area contributed by atoms with Crippen molar-refractivity contribution in [1.29, 1.82) is 0 Å². The summed E-state index contributed by atoms with van der Waals surface area (Å²) in [5, 5.41) is 0. The van der Waals surface area contributed by atoms with Crippen molar-refractivity contribution in [1.82, 2.24) is 9.71 Å². The molecule has 1 aliphatic rings. The number of sulfonamides is 1. The average Bonchev–Trinajstić information content (AvgIpc) is 3.07. The Morgan fingerprint density at radius 2 is 2.28 bits per heavy atom. The van der Waals surface area contributed by atoms with E-state index in [0.29, 0.717) is 11.7 Å². The third-order valence-corrected chi connectivity index (χ3v) is 4.56. The normalized spacial score (nSPS) is 22.8. The van der Waals surface area contributed by atoms with E-state index in [0.717, 1.165) is 19.3 Å². The highest BCUT2D eigenvalue weighted by Crippen LogP contribution is 2.35. The molecule has 1 heterocycles. The van der Waals surface area contributed by atoms with Crippen LogP contribution in [0, 0.1) is 5.92 Å². The Morgan fingerprint density at radius 1 is 1.50 bits per heavy atom. The van der Waals surface area contributed by atoms with Crippen LogP contribution < -0.4 is 16.0 Å². The second kappa shape index (κ2) is 5.21. The van der Waals surface area contributed by atoms with E-state index in [9.17, 15) is 8.42 Å². The summed E-state index contributed by atoms with van der Waals surface area (Å²) in [6.07, 6.45) is 4.39. The molecule has 0 spiro atoms. The number of nitrogens with zero attached hydrogens (tertiary/aromatic N) is 1. The number of aromatic nitrogens is 1. The molecule has 0 saturated heterocycles. The summed E-state index contributed by atoms with van der Waals surface area (Å²) in [4.78, 5) is 4.06. The van der Waals surface area contributed by atoms with Gasteiger partial charge in [-0.3, -0.25) is 0 Å². The van der Waals surface area contributed by atoms with E-state index in [1.165, 1.54) is 18.3 Å². The molecule has 7 heteroatoms. The van der Waals surface area contributed by atoms with Crippen molar-refractivity contribution in [2.75, 3.05) is 5.43 Å². The monoisotopic (exact) mass is 270 g/mol. The maximum atomic E-state index is 12.0. The molecule has 0 radical (unpaired) electrons. The zero-order chi connectivity index (χ0) is 13.2. The van der Waals surface area contributed by atoms with Crippen LogP contribution in [0.4, 0.5) is 5.82 Å². The second-order valence-corrected chi connectivity index (χ2v) is 6.25. The first kappa shape index (κ1) is 13.3. The molecule has 18 heavy (non-hydrogen) atoms. The van der Waals surface area contributed by atoms with Crippen molar-refractivity contribution in [2.45, 2.75) is 37.1 Å². The number of rotatable bonds is 6. The smallest absolute Gasteiger partial charge is 0.242 e. The van der Waals surface area contributed by atoms with Crippen LogP contribution in [-0.4, -0.2) is 19.4 Å². The molecule has 1 aliphatic carbocycles. The molecule has 0 bridgehead atoms. The van der Waals surface area contributed by atoms with Gasteiger partial charge < -0.3 is 5.43 Å². The molecule has 0 aromatic carbocycles. The van der Waals surface area contributed by atoms with E-state index in [2.05, 4.69) is 22.1 Å². The molecule has 0 amide bonds. The lowest BCUT2D eigenvalue weighted by molar-refractivity contribution is 0.572. The highest BCUT2D eigenvalue weighted by molar-refractivity contribution is 7.89. The summed E-state index contributed by atoms with van der Waals surface area (Å²) in [7, 11) is -3.45. The van der Waals surface area contributed by atoms with E-state index in [1.807, 2.05) is 0 Å². The summed E-state index contributed by atoms with van der Waals surface area (Å²) in [6.45, 7) is 2.10. The first-order chi connectivity index (χ1) is 8.56. The minimum Gasteiger partial charge on any atom is -0.308 e. The lowest BCUT2D eigenvalue weighted by Gasteiger charge is -2.06. The fourth-order valence-corrected chi connectivity index (χ4v) is 3.24. The third-order valence-electron chi connectivity index (χ3n) is 3.08. The first-order valence-electron chi connectivity index (χ1n) is 6.02. The lowest BCUT2D eigenvalue weighted by atomic mass is 10.2. The van der Waals surface area contributed by atoms with Gasteiger partial charge in [-0.05, 0) is 30.9 Å². The minimum absolute atomic E-state index is 0.0854. The molecule has 2 atom stereocenters. The number of anilines is 1. The number of pyridine rings is 1. The number of hydrogen-bond acceptors (Lipinski definition) is 5. The SMILES string of the molecule is CCCC1CC1NS(=O)(=O)c1ccc(NN)nc1. The van der Waals surface area contributed by atoms with Crippen LogP contribution in [0.3, 0.4) is 0 Å². The standard InChI is InChI=1S/C11H18N4O2S/c1-2-3-8-6-10(8)15-18(16,17)9-4-5-11(14-12)13-7-9/h4-5,7-8,10,15H,2-3,6,12H2,1H3,(H,13,14). The molecule has 2 rings (SSSR count). The topological polar surface area (TPSA) is 97.1 Å². The van der Waals surface area contributed by atoms with Crippen molar-refractivity contribution in [2.24, 2.45) is 11.8 Å². The van der Waals surface area contributed by atoms with E-state index < -0.39 is 10.0 Å². The maximum Gasteiger partial charge on any atom is 0.242 e. The summed E-state index contributed by atoms with van der Waals surface area (Å²) >= 11 is 0.